The molecule has 26 heavy (non-hydrogen) atoms. The summed E-state index contributed by atoms with van der Waals surface area (Å²) in [6.45, 7) is 6.97. The third-order valence-corrected chi connectivity index (χ3v) is 4.89. The van der Waals surface area contributed by atoms with E-state index in [2.05, 4.69) is 27.3 Å². The van der Waals surface area contributed by atoms with Crippen LogP contribution in [-0.4, -0.2) is 27.1 Å². The molecule has 140 valence electrons. The SMILES string of the molecule is CCCCn1c(SCC(=O)NNC(=O)c2ccc(F)cc2)nc(C)c1C. The molecule has 1 heterocycles. The molecule has 0 saturated carbocycles. The van der Waals surface area contributed by atoms with E-state index >= 15 is 0 Å². The Balaban J connectivity index is 1.86. The molecule has 0 radical (unpaired) electrons. The number of unbranched alkanes of at least 4 members (excludes halogenated alkanes) is 1. The molecule has 2 amide bonds. The zero-order valence-corrected chi connectivity index (χ0v) is 16.0. The summed E-state index contributed by atoms with van der Waals surface area (Å²) in [5, 5.41) is 0.800. The fourth-order valence-corrected chi connectivity index (χ4v) is 3.20. The fraction of sp³-hybridized carbons (Fsp3) is 0.389. The van der Waals surface area contributed by atoms with Gasteiger partial charge in [-0.15, -0.1) is 0 Å². The molecule has 0 atom stereocenters. The van der Waals surface area contributed by atoms with Gasteiger partial charge in [0, 0.05) is 17.8 Å². The van der Waals surface area contributed by atoms with Gasteiger partial charge in [-0.1, -0.05) is 25.1 Å². The first kappa shape index (κ1) is 20.0. The third kappa shape index (κ3) is 5.32. The second kappa shape index (κ2) is 9.38. The highest BCUT2D eigenvalue weighted by Crippen LogP contribution is 2.21. The lowest BCUT2D eigenvalue weighted by molar-refractivity contribution is -0.119. The molecule has 0 spiro atoms. The minimum Gasteiger partial charge on any atom is -0.323 e. The Morgan fingerprint density at radius 1 is 1.19 bits per heavy atom. The first-order valence-electron chi connectivity index (χ1n) is 8.43. The number of hydrogen-bond acceptors (Lipinski definition) is 4. The number of rotatable bonds is 7. The highest BCUT2D eigenvalue weighted by atomic mass is 32.2. The summed E-state index contributed by atoms with van der Waals surface area (Å²) in [7, 11) is 0. The Kier molecular flexibility index (Phi) is 7.20. The molecule has 0 aliphatic heterocycles. The number of nitrogens with zero attached hydrogens (tertiary/aromatic N) is 2. The van der Waals surface area contributed by atoms with Gasteiger partial charge in [0.1, 0.15) is 5.82 Å². The predicted octanol–water partition coefficient (Wildman–Crippen LogP) is 2.99. The van der Waals surface area contributed by atoms with E-state index in [0.29, 0.717) is 0 Å². The maximum Gasteiger partial charge on any atom is 0.269 e. The number of amides is 2. The van der Waals surface area contributed by atoms with Gasteiger partial charge in [-0.2, -0.15) is 0 Å². The summed E-state index contributed by atoms with van der Waals surface area (Å²) >= 11 is 1.33. The van der Waals surface area contributed by atoms with Gasteiger partial charge in [-0.25, -0.2) is 9.37 Å². The van der Waals surface area contributed by atoms with Crippen molar-refractivity contribution in [3.63, 3.8) is 0 Å². The molecule has 0 fully saturated rings. The van der Waals surface area contributed by atoms with Crippen LogP contribution in [0, 0.1) is 19.7 Å². The van der Waals surface area contributed by atoms with Gasteiger partial charge in [-0.3, -0.25) is 20.4 Å². The normalized spacial score (nSPS) is 10.6. The van der Waals surface area contributed by atoms with Crippen LogP contribution in [0.4, 0.5) is 4.39 Å². The average molecular weight is 378 g/mol. The van der Waals surface area contributed by atoms with Crippen LogP contribution >= 0.6 is 11.8 Å². The van der Waals surface area contributed by atoms with Crippen molar-refractivity contribution in [1.29, 1.82) is 0 Å². The zero-order valence-electron chi connectivity index (χ0n) is 15.1. The molecule has 8 heteroatoms. The Morgan fingerprint density at radius 3 is 2.54 bits per heavy atom. The van der Waals surface area contributed by atoms with Crippen molar-refractivity contribution in [2.75, 3.05) is 5.75 Å². The molecule has 1 aromatic heterocycles. The van der Waals surface area contributed by atoms with E-state index in [0.717, 1.165) is 35.9 Å². The van der Waals surface area contributed by atoms with E-state index in [1.54, 1.807) is 0 Å². The van der Waals surface area contributed by atoms with E-state index in [-0.39, 0.29) is 17.2 Å². The van der Waals surface area contributed by atoms with Gasteiger partial charge in [0.25, 0.3) is 5.91 Å². The molecule has 2 rings (SSSR count). The lowest BCUT2D eigenvalue weighted by Gasteiger charge is -2.10. The number of hydrogen-bond donors (Lipinski definition) is 2. The standard InChI is InChI=1S/C18H23FN4O2S/c1-4-5-10-23-13(3)12(2)20-18(23)26-11-16(24)21-22-17(25)14-6-8-15(19)9-7-14/h6-9H,4-5,10-11H2,1-3H3,(H,21,24)(H,22,25). The van der Waals surface area contributed by atoms with Crippen LogP contribution in [0.5, 0.6) is 0 Å². The van der Waals surface area contributed by atoms with Crippen LogP contribution in [0.25, 0.3) is 0 Å². The van der Waals surface area contributed by atoms with E-state index in [1.807, 2.05) is 13.8 Å². The highest BCUT2D eigenvalue weighted by Gasteiger charge is 2.13. The number of thioether (sulfide) groups is 1. The summed E-state index contributed by atoms with van der Waals surface area (Å²) < 4.78 is 15.0. The molecule has 2 aromatic rings. The number of nitrogens with one attached hydrogen (secondary N) is 2. The van der Waals surface area contributed by atoms with Gasteiger partial charge in [0.05, 0.1) is 11.4 Å². The maximum atomic E-state index is 12.9. The van der Waals surface area contributed by atoms with Gasteiger partial charge in [0.2, 0.25) is 5.91 Å². The van der Waals surface area contributed by atoms with Crippen LogP contribution in [0.2, 0.25) is 0 Å². The number of benzene rings is 1. The van der Waals surface area contributed by atoms with Crippen LogP contribution < -0.4 is 10.9 Å². The van der Waals surface area contributed by atoms with E-state index in [1.165, 1.54) is 36.0 Å². The van der Waals surface area contributed by atoms with E-state index in [4.69, 9.17) is 0 Å². The van der Waals surface area contributed by atoms with Crippen molar-refractivity contribution in [2.45, 2.75) is 45.3 Å². The fourth-order valence-electron chi connectivity index (χ4n) is 2.28. The molecular weight excluding hydrogens is 355 g/mol. The van der Waals surface area contributed by atoms with Crippen molar-refractivity contribution < 1.29 is 14.0 Å². The molecule has 0 aliphatic carbocycles. The van der Waals surface area contributed by atoms with Crippen LogP contribution in [-0.2, 0) is 11.3 Å². The number of imidazole rings is 1. The summed E-state index contributed by atoms with van der Waals surface area (Å²) in [5.41, 5.74) is 7.00. The van der Waals surface area contributed by atoms with Crippen LogP contribution in [0.3, 0.4) is 0 Å². The maximum absolute atomic E-state index is 12.9. The third-order valence-electron chi connectivity index (χ3n) is 3.91. The summed E-state index contributed by atoms with van der Waals surface area (Å²) in [4.78, 5) is 28.4. The van der Waals surface area contributed by atoms with Gasteiger partial charge >= 0.3 is 0 Å². The minimum atomic E-state index is -0.500. The Labute approximate surface area is 156 Å². The van der Waals surface area contributed by atoms with Crippen molar-refractivity contribution in [3.8, 4) is 0 Å². The molecule has 2 N–H and O–H groups in total. The number of halogens is 1. The van der Waals surface area contributed by atoms with Crippen molar-refractivity contribution in [3.05, 3.63) is 47.0 Å². The quantitative estimate of drug-likeness (QED) is 0.574. The molecule has 0 aliphatic rings. The smallest absolute Gasteiger partial charge is 0.269 e. The first-order chi connectivity index (χ1) is 12.4. The highest BCUT2D eigenvalue weighted by molar-refractivity contribution is 7.99. The van der Waals surface area contributed by atoms with Crippen LogP contribution in [0.15, 0.2) is 29.4 Å². The second-order valence-corrected chi connectivity index (χ2v) is 6.81. The lowest BCUT2D eigenvalue weighted by Crippen LogP contribution is -2.42. The summed E-state index contributed by atoms with van der Waals surface area (Å²) in [6, 6.07) is 5.07. The van der Waals surface area contributed by atoms with E-state index < -0.39 is 11.7 Å². The van der Waals surface area contributed by atoms with Gasteiger partial charge in [0.15, 0.2) is 5.16 Å². The van der Waals surface area contributed by atoms with Crippen LogP contribution in [0.1, 0.15) is 41.5 Å². The number of aryl methyl sites for hydroxylation is 1. The molecule has 6 nitrogen and oxygen atoms in total. The predicted molar refractivity (Wildman–Crippen MR) is 99.3 cm³/mol. The number of carbonyl (C=O) groups excluding carboxylic acids is 2. The van der Waals surface area contributed by atoms with Gasteiger partial charge in [-0.05, 0) is 44.5 Å². The van der Waals surface area contributed by atoms with E-state index in [9.17, 15) is 14.0 Å². The Hall–Kier alpha value is -2.35. The molecule has 1 aromatic carbocycles. The number of carbonyl (C=O) groups is 2. The number of hydrazine groups is 1. The Bertz CT molecular complexity index is 774. The Morgan fingerprint density at radius 2 is 1.88 bits per heavy atom. The van der Waals surface area contributed by atoms with Crippen molar-refractivity contribution >= 4 is 23.6 Å². The van der Waals surface area contributed by atoms with Crippen molar-refractivity contribution in [1.82, 2.24) is 20.4 Å². The summed E-state index contributed by atoms with van der Waals surface area (Å²) in [6.07, 6.45) is 2.13. The lowest BCUT2D eigenvalue weighted by atomic mass is 10.2. The molecule has 0 bridgehead atoms. The molecule has 0 unspecified atom stereocenters. The second-order valence-electron chi connectivity index (χ2n) is 5.87. The molecular formula is C18H23FN4O2S. The minimum absolute atomic E-state index is 0.131. The topological polar surface area (TPSA) is 76.0 Å². The monoisotopic (exact) mass is 378 g/mol. The first-order valence-corrected chi connectivity index (χ1v) is 9.42. The van der Waals surface area contributed by atoms with Gasteiger partial charge < -0.3 is 4.57 Å². The molecule has 0 saturated heterocycles. The number of aromatic nitrogens is 2. The largest absolute Gasteiger partial charge is 0.323 e. The average Bonchev–Trinajstić information content (AvgIpc) is 2.90. The summed E-state index contributed by atoms with van der Waals surface area (Å²) in [5.74, 6) is -1.14. The van der Waals surface area contributed by atoms with Crippen molar-refractivity contribution in [2.24, 2.45) is 0 Å². The zero-order chi connectivity index (χ0) is 19.1.